The molecule has 3 aliphatic rings. The SMILES string of the molecule is c1ccc(COCCOC2CCOC3(CCN(C4CCOCC4)CC3)C2)cc1. The van der Waals surface area contributed by atoms with Crippen LogP contribution in [0.5, 0.6) is 0 Å². The van der Waals surface area contributed by atoms with E-state index in [0.29, 0.717) is 32.0 Å². The topological polar surface area (TPSA) is 40.2 Å². The molecule has 1 spiro atoms. The van der Waals surface area contributed by atoms with Crippen LogP contribution in [-0.4, -0.2) is 68.8 Å². The summed E-state index contributed by atoms with van der Waals surface area (Å²) in [6, 6.07) is 11.0. The quantitative estimate of drug-likeness (QED) is 0.669. The lowest BCUT2D eigenvalue weighted by molar-refractivity contribution is -0.161. The van der Waals surface area contributed by atoms with Gasteiger partial charge in [-0.25, -0.2) is 0 Å². The maximum atomic E-state index is 6.30. The predicted molar refractivity (Wildman–Crippen MR) is 108 cm³/mol. The third kappa shape index (κ3) is 5.55. The smallest absolute Gasteiger partial charge is 0.0731 e. The number of hydrogen-bond donors (Lipinski definition) is 0. The van der Waals surface area contributed by atoms with Crippen molar-refractivity contribution in [2.75, 3.05) is 46.1 Å². The van der Waals surface area contributed by atoms with E-state index in [4.69, 9.17) is 18.9 Å². The molecule has 0 amide bonds. The second kappa shape index (κ2) is 10.2. The number of ether oxygens (including phenoxy) is 4. The van der Waals surface area contributed by atoms with Gasteiger partial charge < -0.3 is 18.9 Å². The number of rotatable bonds is 7. The zero-order valence-electron chi connectivity index (χ0n) is 17.0. The Morgan fingerprint density at radius 3 is 2.54 bits per heavy atom. The molecular formula is C23H35NO4. The van der Waals surface area contributed by atoms with Crippen LogP contribution in [-0.2, 0) is 25.6 Å². The maximum absolute atomic E-state index is 6.30. The minimum absolute atomic E-state index is 0.0372. The van der Waals surface area contributed by atoms with Crippen LogP contribution >= 0.6 is 0 Å². The fourth-order valence-corrected chi connectivity index (χ4v) is 4.86. The van der Waals surface area contributed by atoms with Gasteiger partial charge in [0.05, 0.1) is 31.5 Å². The van der Waals surface area contributed by atoms with Crippen molar-refractivity contribution >= 4 is 0 Å². The summed E-state index contributed by atoms with van der Waals surface area (Å²) in [6.45, 7) is 6.95. The number of nitrogens with zero attached hydrogens (tertiary/aromatic N) is 1. The highest BCUT2D eigenvalue weighted by Crippen LogP contribution is 2.37. The molecule has 3 aliphatic heterocycles. The second-order valence-electron chi connectivity index (χ2n) is 8.43. The van der Waals surface area contributed by atoms with Crippen LogP contribution in [0.1, 0.15) is 44.1 Å². The van der Waals surface area contributed by atoms with Gasteiger partial charge in [-0.3, -0.25) is 4.90 Å². The first-order valence-corrected chi connectivity index (χ1v) is 11.0. The van der Waals surface area contributed by atoms with Gasteiger partial charge in [0.15, 0.2) is 0 Å². The summed E-state index contributed by atoms with van der Waals surface area (Å²) in [6.07, 6.45) is 6.98. The third-order valence-corrected chi connectivity index (χ3v) is 6.56. The van der Waals surface area contributed by atoms with E-state index in [9.17, 15) is 0 Å². The highest BCUT2D eigenvalue weighted by atomic mass is 16.5. The summed E-state index contributed by atoms with van der Waals surface area (Å²) < 4.78 is 23.7. The third-order valence-electron chi connectivity index (χ3n) is 6.56. The average Bonchev–Trinajstić information content (AvgIpc) is 2.76. The minimum atomic E-state index is 0.0372. The number of likely N-dealkylation sites (tertiary alicyclic amines) is 1. The van der Waals surface area contributed by atoms with Crippen LogP contribution in [0.15, 0.2) is 30.3 Å². The molecule has 3 saturated heterocycles. The molecule has 3 heterocycles. The molecular weight excluding hydrogens is 354 g/mol. The van der Waals surface area contributed by atoms with Gasteiger partial charge in [-0.1, -0.05) is 30.3 Å². The van der Waals surface area contributed by atoms with Crippen LogP contribution in [0.2, 0.25) is 0 Å². The molecule has 5 heteroatoms. The first-order chi connectivity index (χ1) is 13.8. The molecule has 0 N–H and O–H groups in total. The Balaban J connectivity index is 1.15. The van der Waals surface area contributed by atoms with E-state index < -0.39 is 0 Å². The van der Waals surface area contributed by atoms with Crippen LogP contribution < -0.4 is 0 Å². The summed E-state index contributed by atoms with van der Waals surface area (Å²) in [5, 5.41) is 0. The van der Waals surface area contributed by atoms with Gasteiger partial charge >= 0.3 is 0 Å². The first kappa shape index (κ1) is 20.3. The van der Waals surface area contributed by atoms with Crippen molar-refractivity contribution in [2.24, 2.45) is 0 Å². The molecule has 0 aliphatic carbocycles. The van der Waals surface area contributed by atoms with Gasteiger partial charge in [-0.2, -0.15) is 0 Å². The van der Waals surface area contributed by atoms with E-state index in [1.807, 2.05) is 18.2 Å². The monoisotopic (exact) mass is 389 g/mol. The molecule has 1 aromatic rings. The Hall–Kier alpha value is -0.980. The molecule has 1 unspecified atom stereocenters. The van der Waals surface area contributed by atoms with Gasteiger partial charge in [0.25, 0.3) is 0 Å². The van der Waals surface area contributed by atoms with E-state index in [-0.39, 0.29) is 5.60 Å². The highest BCUT2D eigenvalue weighted by molar-refractivity contribution is 5.13. The average molecular weight is 390 g/mol. The van der Waals surface area contributed by atoms with Crippen molar-refractivity contribution in [1.29, 1.82) is 0 Å². The van der Waals surface area contributed by atoms with Gasteiger partial charge in [-0.05, 0) is 37.7 Å². The van der Waals surface area contributed by atoms with Crippen LogP contribution in [0.3, 0.4) is 0 Å². The first-order valence-electron chi connectivity index (χ1n) is 11.0. The van der Waals surface area contributed by atoms with Gasteiger partial charge in [0.1, 0.15) is 0 Å². The van der Waals surface area contributed by atoms with Crippen molar-refractivity contribution in [2.45, 2.75) is 62.9 Å². The highest BCUT2D eigenvalue weighted by Gasteiger charge is 2.41. The van der Waals surface area contributed by atoms with E-state index >= 15 is 0 Å². The largest absolute Gasteiger partial charge is 0.381 e. The van der Waals surface area contributed by atoms with Gasteiger partial charge in [0.2, 0.25) is 0 Å². The molecule has 5 nitrogen and oxygen atoms in total. The Bertz CT molecular complexity index is 567. The molecule has 1 atom stereocenters. The summed E-state index contributed by atoms with van der Waals surface area (Å²) in [4.78, 5) is 2.67. The Morgan fingerprint density at radius 1 is 0.964 bits per heavy atom. The number of benzene rings is 1. The molecule has 0 saturated carbocycles. The second-order valence-corrected chi connectivity index (χ2v) is 8.43. The Labute approximate surface area is 169 Å². The molecule has 28 heavy (non-hydrogen) atoms. The predicted octanol–water partition coefficient (Wildman–Crippen LogP) is 3.41. The van der Waals surface area contributed by atoms with Crippen LogP contribution in [0, 0.1) is 0 Å². The van der Waals surface area contributed by atoms with E-state index in [2.05, 4.69) is 17.0 Å². The lowest BCUT2D eigenvalue weighted by atomic mass is 9.82. The van der Waals surface area contributed by atoms with Crippen molar-refractivity contribution in [1.82, 2.24) is 4.90 Å². The molecule has 0 aromatic heterocycles. The summed E-state index contributed by atoms with van der Waals surface area (Å²) in [5.74, 6) is 0. The summed E-state index contributed by atoms with van der Waals surface area (Å²) in [7, 11) is 0. The van der Waals surface area contributed by atoms with Crippen molar-refractivity contribution in [3.8, 4) is 0 Å². The number of hydrogen-bond acceptors (Lipinski definition) is 5. The molecule has 1 aromatic carbocycles. The summed E-state index contributed by atoms with van der Waals surface area (Å²) >= 11 is 0. The molecule has 156 valence electrons. The standard InChI is InChI=1S/C23H35NO4/c1-2-4-20(5-3-1)19-26-16-17-27-22-8-15-28-23(18-22)9-11-24(12-10-23)21-6-13-25-14-7-21/h1-5,21-22H,6-19H2. The lowest BCUT2D eigenvalue weighted by Crippen LogP contribution is -2.53. The molecule has 0 bridgehead atoms. The van der Waals surface area contributed by atoms with E-state index in [1.165, 1.54) is 18.4 Å². The normalized spacial score (nSPS) is 26.5. The Morgan fingerprint density at radius 2 is 1.75 bits per heavy atom. The molecule has 3 fully saturated rings. The van der Waals surface area contributed by atoms with Gasteiger partial charge in [-0.15, -0.1) is 0 Å². The Kier molecular flexibility index (Phi) is 7.37. The fraction of sp³-hybridized carbons (Fsp3) is 0.739. The van der Waals surface area contributed by atoms with Gasteiger partial charge in [0, 0.05) is 45.4 Å². The van der Waals surface area contributed by atoms with Crippen molar-refractivity contribution < 1.29 is 18.9 Å². The van der Waals surface area contributed by atoms with Crippen LogP contribution in [0.4, 0.5) is 0 Å². The maximum Gasteiger partial charge on any atom is 0.0731 e. The molecule has 0 radical (unpaired) electrons. The van der Waals surface area contributed by atoms with Crippen molar-refractivity contribution in [3.63, 3.8) is 0 Å². The fourth-order valence-electron chi connectivity index (χ4n) is 4.86. The summed E-state index contributed by atoms with van der Waals surface area (Å²) in [5.41, 5.74) is 1.25. The molecule has 4 rings (SSSR count). The van der Waals surface area contributed by atoms with Crippen LogP contribution in [0.25, 0.3) is 0 Å². The lowest BCUT2D eigenvalue weighted by Gasteiger charge is -2.48. The van der Waals surface area contributed by atoms with E-state index in [1.54, 1.807) is 0 Å². The zero-order chi connectivity index (χ0) is 19.1. The van der Waals surface area contributed by atoms with E-state index in [0.717, 1.165) is 58.6 Å². The minimum Gasteiger partial charge on any atom is -0.381 e. The zero-order valence-corrected chi connectivity index (χ0v) is 17.0. The van der Waals surface area contributed by atoms with Crippen molar-refractivity contribution in [3.05, 3.63) is 35.9 Å². The number of piperidine rings is 1.